The fourth-order valence-electron chi connectivity index (χ4n) is 0.317. The first-order valence-corrected chi connectivity index (χ1v) is 3.67. The Labute approximate surface area is 69.0 Å². The normalized spacial score (nSPS) is 14.5. The van der Waals surface area contributed by atoms with Crippen LogP contribution in [0.4, 0.5) is 0 Å². The monoisotopic (exact) mass is 241 g/mol. The van der Waals surface area contributed by atoms with Crippen LogP contribution < -0.4 is 0 Å². The molecule has 0 N–H and O–H groups in total. The van der Waals surface area contributed by atoms with Crippen LogP contribution in [0.3, 0.4) is 0 Å². The second-order valence-electron chi connectivity index (χ2n) is 1.47. The molecule has 0 bridgehead atoms. The van der Waals surface area contributed by atoms with Gasteiger partial charge >= 0.3 is 0 Å². The summed E-state index contributed by atoms with van der Waals surface area (Å²) >= 11 is 5.96. The lowest BCUT2D eigenvalue weighted by molar-refractivity contribution is 1.69. The molecular weight excluding hydrogens is 233 g/mol. The molecule has 0 aromatic heterocycles. The fraction of sp³-hybridized carbons (Fsp3) is 0.400. The summed E-state index contributed by atoms with van der Waals surface area (Å²) in [7, 11) is 0. The van der Waals surface area contributed by atoms with Crippen LogP contribution >= 0.6 is 35.4 Å². The number of hydrogen-bond donors (Lipinski definition) is 1. The maximum Gasteiger partial charge on any atom is 0.0460 e. The molecular formula is C5H8INS. The highest BCUT2D eigenvalue weighted by atomic mass is 127. The van der Waals surface area contributed by atoms with Gasteiger partial charge in [-0.05, 0) is 58.9 Å². The molecule has 0 fully saturated rings. The Balaban J connectivity index is 3.89. The second-order valence-corrected chi connectivity index (χ2v) is 3.37. The average molecular weight is 241 g/mol. The maximum atomic E-state index is 3.73. The summed E-state index contributed by atoms with van der Waals surface area (Å²) in [6, 6.07) is 0. The van der Waals surface area contributed by atoms with Crippen LogP contribution in [0.2, 0.25) is 0 Å². The highest BCUT2D eigenvalue weighted by Crippen LogP contribution is 2.02. The molecule has 3 heteroatoms. The summed E-state index contributed by atoms with van der Waals surface area (Å²) in [6.07, 6.45) is 1.97. The molecule has 0 atom stereocenters. The van der Waals surface area contributed by atoms with Crippen molar-refractivity contribution in [3.8, 4) is 0 Å². The van der Waals surface area contributed by atoms with E-state index in [2.05, 4.69) is 39.8 Å². The Morgan fingerprint density at radius 3 is 2.25 bits per heavy atom. The van der Waals surface area contributed by atoms with Crippen molar-refractivity contribution in [2.45, 2.75) is 13.8 Å². The molecule has 0 aromatic rings. The quantitative estimate of drug-likeness (QED) is 0.411. The number of rotatable bonds is 1. The number of allylic oxidation sites excluding steroid dienone is 2. The largest absolute Gasteiger partial charge is 0.225 e. The molecule has 0 aliphatic carbocycles. The van der Waals surface area contributed by atoms with Crippen LogP contribution in [0, 0.1) is 0 Å². The molecule has 0 aliphatic heterocycles. The van der Waals surface area contributed by atoms with Crippen molar-refractivity contribution in [1.82, 2.24) is 0 Å². The molecule has 46 valence electrons. The Morgan fingerprint density at radius 1 is 1.62 bits per heavy atom. The number of nitrogens with zero attached hydrogens (tertiary/aromatic N) is 1. The molecule has 8 heavy (non-hydrogen) atoms. The van der Waals surface area contributed by atoms with Gasteiger partial charge in [-0.2, -0.15) is 0 Å². The van der Waals surface area contributed by atoms with Gasteiger partial charge in [0.2, 0.25) is 0 Å². The lowest BCUT2D eigenvalue weighted by atomic mass is 10.4. The van der Waals surface area contributed by atoms with Crippen molar-refractivity contribution in [2.75, 3.05) is 0 Å². The summed E-state index contributed by atoms with van der Waals surface area (Å²) in [5, 5.41) is 0. The van der Waals surface area contributed by atoms with Gasteiger partial charge in [0, 0.05) is 5.71 Å². The molecule has 0 saturated carbocycles. The zero-order chi connectivity index (χ0) is 6.57. The first kappa shape index (κ1) is 8.49. The van der Waals surface area contributed by atoms with Crippen LogP contribution in [-0.2, 0) is 0 Å². The lowest BCUT2D eigenvalue weighted by Crippen LogP contribution is -1.79. The van der Waals surface area contributed by atoms with E-state index in [1.807, 2.05) is 19.9 Å². The molecule has 0 aliphatic rings. The number of hydrogen-bond acceptors (Lipinski definition) is 2. The maximum absolute atomic E-state index is 3.73. The molecule has 0 rings (SSSR count). The first-order valence-electron chi connectivity index (χ1n) is 2.19. The third kappa shape index (κ3) is 4.64. The molecule has 0 radical (unpaired) electrons. The zero-order valence-electron chi connectivity index (χ0n) is 4.85. The van der Waals surface area contributed by atoms with Gasteiger partial charge in [0.25, 0.3) is 0 Å². The minimum Gasteiger partial charge on any atom is -0.225 e. The smallest absolute Gasteiger partial charge is 0.0460 e. The summed E-state index contributed by atoms with van der Waals surface area (Å²) in [4.78, 5) is 0. The van der Waals surface area contributed by atoms with Crippen LogP contribution in [0.15, 0.2) is 14.1 Å². The van der Waals surface area contributed by atoms with Gasteiger partial charge in [-0.1, -0.05) is 0 Å². The molecule has 0 aromatic carbocycles. The summed E-state index contributed by atoms with van der Waals surface area (Å²) in [5.74, 6) is 0. The van der Waals surface area contributed by atoms with Crippen molar-refractivity contribution in [3.63, 3.8) is 0 Å². The van der Waals surface area contributed by atoms with E-state index in [-0.39, 0.29) is 0 Å². The van der Waals surface area contributed by atoms with E-state index in [1.165, 1.54) is 3.58 Å². The van der Waals surface area contributed by atoms with Crippen molar-refractivity contribution < 1.29 is 0 Å². The third-order valence-electron chi connectivity index (χ3n) is 0.566. The average Bonchev–Trinajstić information content (AvgIpc) is 1.65. The standard InChI is InChI=1S/C5H8INS/c1-4(6)3-5(2)7-8/h3,8H,1-2H3/b4-3-,7-5-. The Hall–Kier alpha value is 0.490. The summed E-state index contributed by atoms with van der Waals surface area (Å²) in [5.41, 5.74) is 0.945. The Morgan fingerprint density at radius 2 is 2.12 bits per heavy atom. The zero-order valence-corrected chi connectivity index (χ0v) is 7.90. The highest BCUT2D eigenvalue weighted by Gasteiger charge is 1.81. The number of halogens is 1. The fourth-order valence-corrected chi connectivity index (χ4v) is 0.825. The highest BCUT2D eigenvalue weighted by molar-refractivity contribution is 14.1. The summed E-state index contributed by atoms with van der Waals surface area (Å²) < 4.78 is 4.88. The first-order chi connectivity index (χ1) is 3.66. The van der Waals surface area contributed by atoms with Gasteiger partial charge in [0.05, 0.1) is 0 Å². The third-order valence-corrected chi connectivity index (χ3v) is 1.19. The van der Waals surface area contributed by atoms with E-state index in [4.69, 9.17) is 0 Å². The van der Waals surface area contributed by atoms with Crippen LogP contribution in [0.5, 0.6) is 0 Å². The van der Waals surface area contributed by atoms with Crippen molar-refractivity contribution in [2.24, 2.45) is 4.40 Å². The van der Waals surface area contributed by atoms with E-state index >= 15 is 0 Å². The van der Waals surface area contributed by atoms with E-state index in [1.54, 1.807) is 0 Å². The van der Waals surface area contributed by atoms with Gasteiger partial charge in [-0.3, -0.25) is 0 Å². The second kappa shape index (κ2) is 4.38. The lowest BCUT2D eigenvalue weighted by Gasteiger charge is -1.85. The van der Waals surface area contributed by atoms with Gasteiger partial charge in [0.1, 0.15) is 0 Å². The van der Waals surface area contributed by atoms with Gasteiger partial charge in [-0.15, -0.1) is 0 Å². The molecule has 1 nitrogen and oxygen atoms in total. The molecule has 0 saturated heterocycles. The molecule has 0 amide bonds. The molecule has 0 heterocycles. The minimum absolute atomic E-state index is 0.945. The SMILES string of the molecule is C/C(I)=C/C(C)=N\S. The van der Waals surface area contributed by atoms with Crippen LogP contribution in [0.25, 0.3) is 0 Å². The topological polar surface area (TPSA) is 12.4 Å². The van der Waals surface area contributed by atoms with E-state index in [0.717, 1.165) is 5.71 Å². The van der Waals surface area contributed by atoms with E-state index < -0.39 is 0 Å². The van der Waals surface area contributed by atoms with Crippen molar-refractivity contribution in [1.29, 1.82) is 0 Å². The predicted octanol–water partition coefficient (Wildman–Crippen LogP) is 2.63. The number of thiol groups is 1. The van der Waals surface area contributed by atoms with E-state index in [9.17, 15) is 0 Å². The summed E-state index contributed by atoms with van der Waals surface area (Å²) in [6.45, 7) is 3.93. The van der Waals surface area contributed by atoms with Crippen LogP contribution in [-0.4, -0.2) is 5.71 Å². The van der Waals surface area contributed by atoms with Crippen molar-refractivity contribution >= 4 is 41.1 Å². The van der Waals surface area contributed by atoms with Crippen molar-refractivity contribution in [3.05, 3.63) is 9.66 Å². The van der Waals surface area contributed by atoms with Gasteiger partial charge < -0.3 is 0 Å². The Bertz CT molecular complexity index is 124. The van der Waals surface area contributed by atoms with E-state index in [0.29, 0.717) is 0 Å². The minimum atomic E-state index is 0.945. The Kier molecular flexibility index (Phi) is 4.64. The van der Waals surface area contributed by atoms with Gasteiger partial charge in [0.15, 0.2) is 0 Å². The van der Waals surface area contributed by atoms with Gasteiger partial charge in [-0.25, -0.2) is 4.40 Å². The molecule has 0 spiro atoms. The predicted molar refractivity (Wildman–Crippen MR) is 49.9 cm³/mol. The molecule has 0 unspecified atom stereocenters. The van der Waals surface area contributed by atoms with Crippen LogP contribution in [0.1, 0.15) is 13.8 Å².